The highest BCUT2D eigenvalue weighted by atomic mass is 79.9. The summed E-state index contributed by atoms with van der Waals surface area (Å²) in [5.41, 5.74) is 1.39. The molecule has 2 N–H and O–H groups in total. The van der Waals surface area contributed by atoms with Crippen LogP contribution in [0.2, 0.25) is 0 Å². The van der Waals surface area contributed by atoms with Crippen LogP contribution in [0.4, 0.5) is 5.82 Å². The van der Waals surface area contributed by atoms with Crippen LogP contribution in [0.15, 0.2) is 35.1 Å². The minimum absolute atomic E-state index is 0.205. The maximum Gasteiger partial charge on any atom is 0.255 e. The first kappa shape index (κ1) is 15.2. The van der Waals surface area contributed by atoms with Crippen LogP contribution >= 0.6 is 15.9 Å². The highest BCUT2D eigenvalue weighted by Gasteiger charge is 2.12. The van der Waals surface area contributed by atoms with Crippen molar-refractivity contribution in [2.75, 3.05) is 19.5 Å². The van der Waals surface area contributed by atoms with Gasteiger partial charge in [0.05, 0.1) is 12.7 Å². The largest absolute Gasteiger partial charge is 0.481 e. The fraction of sp³-hybridized carbons (Fsp3) is 0.214. The summed E-state index contributed by atoms with van der Waals surface area (Å²) >= 11 is 3.31. The Hall–Kier alpha value is -2.15. The number of amides is 1. The van der Waals surface area contributed by atoms with E-state index in [9.17, 15) is 4.79 Å². The zero-order valence-corrected chi connectivity index (χ0v) is 13.3. The molecular formula is C14H15BrN4O2. The highest BCUT2D eigenvalue weighted by molar-refractivity contribution is 9.10. The Morgan fingerprint density at radius 3 is 2.90 bits per heavy atom. The fourth-order valence-electron chi connectivity index (χ4n) is 1.76. The molecule has 0 atom stereocenters. The topological polar surface area (TPSA) is 76.1 Å². The van der Waals surface area contributed by atoms with Gasteiger partial charge in [-0.05, 0) is 33.6 Å². The molecule has 110 valence electrons. The maximum absolute atomic E-state index is 12.2. The van der Waals surface area contributed by atoms with Gasteiger partial charge in [0.25, 0.3) is 5.91 Å². The Kier molecular flexibility index (Phi) is 5.10. The molecule has 0 radical (unpaired) electrons. The van der Waals surface area contributed by atoms with E-state index in [0.717, 1.165) is 10.0 Å². The second-order valence-corrected chi connectivity index (χ2v) is 5.10. The lowest BCUT2D eigenvalue weighted by atomic mass is 10.2. The van der Waals surface area contributed by atoms with Gasteiger partial charge in [0, 0.05) is 36.5 Å². The van der Waals surface area contributed by atoms with E-state index in [4.69, 9.17) is 4.74 Å². The number of carbonyl (C=O) groups excluding carboxylic acids is 1. The van der Waals surface area contributed by atoms with E-state index in [-0.39, 0.29) is 5.91 Å². The Morgan fingerprint density at radius 2 is 2.19 bits per heavy atom. The third-order valence-electron chi connectivity index (χ3n) is 2.80. The van der Waals surface area contributed by atoms with Gasteiger partial charge in [-0.3, -0.25) is 4.79 Å². The van der Waals surface area contributed by atoms with Crippen molar-refractivity contribution < 1.29 is 9.53 Å². The fourth-order valence-corrected chi connectivity index (χ4v) is 2.09. The van der Waals surface area contributed by atoms with Crippen LogP contribution < -0.4 is 15.4 Å². The van der Waals surface area contributed by atoms with Crippen molar-refractivity contribution in [2.45, 2.75) is 6.54 Å². The highest BCUT2D eigenvalue weighted by Crippen LogP contribution is 2.17. The van der Waals surface area contributed by atoms with Gasteiger partial charge in [-0.15, -0.1) is 0 Å². The summed E-state index contributed by atoms with van der Waals surface area (Å²) in [7, 11) is 3.28. The summed E-state index contributed by atoms with van der Waals surface area (Å²) in [6, 6.07) is 5.32. The predicted octanol–water partition coefficient (Wildman–Crippen LogP) is 2.22. The number of pyridine rings is 2. The van der Waals surface area contributed by atoms with Crippen molar-refractivity contribution >= 4 is 27.7 Å². The van der Waals surface area contributed by atoms with E-state index in [1.54, 1.807) is 38.7 Å². The monoisotopic (exact) mass is 350 g/mol. The number of methoxy groups -OCH3 is 1. The number of carbonyl (C=O) groups is 1. The molecule has 2 aromatic heterocycles. The number of hydrogen-bond acceptors (Lipinski definition) is 5. The number of anilines is 1. The van der Waals surface area contributed by atoms with Crippen molar-refractivity contribution in [1.82, 2.24) is 15.3 Å². The molecule has 0 aliphatic carbocycles. The number of ether oxygens (including phenoxy) is 1. The maximum atomic E-state index is 12.2. The van der Waals surface area contributed by atoms with Crippen molar-refractivity contribution in [3.63, 3.8) is 0 Å². The minimum atomic E-state index is -0.205. The molecule has 21 heavy (non-hydrogen) atoms. The lowest BCUT2D eigenvalue weighted by molar-refractivity contribution is 0.0951. The van der Waals surface area contributed by atoms with Crippen LogP contribution in [0.3, 0.4) is 0 Å². The smallest absolute Gasteiger partial charge is 0.255 e. The molecule has 2 aromatic rings. The average molecular weight is 351 g/mol. The summed E-state index contributed by atoms with van der Waals surface area (Å²) < 4.78 is 5.80. The van der Waals surface area contributed by atoms with Gasteiger partial charge in [-0.25, -0.2) is 9.97 Å². The molecule has 0 aliphatic heterocycles. The number of nitrogens with zero attached hydrogens (tertiary/aromatic N) is 2. The molecule has 7 heteroatoms. The Balaban J connectivity index is 2.09. The first-order valence-electron chi connectivity index (χ1n) is 6.24. The molecule has 2 heterocycles. The van der Waals surface area contributed by atoms with Gasteiger partial charge < -0.3 is 15.4 Å². The van der Waals surface area contributed by atoms with Crippen molar-refractivity contribution in [3.05, 3.63) is 46.2 Å². The standard InChI is InChI=1S/C14H15BrN4O2/c1-16-13-11(6-10(15)8-18-13)14(20)19-7-9-3-4-17-12(5-9)21-2/h3-6,8H,7H2,1-2H3,(H,16,18)(H,19,20). The second kappa shape index (κ2) is 7.03. The van der Waals surface area contributed by atoms with Crippen LogP contribution in [0.1, 0.15) is 15.9 Å². The Labute approximate surface area is 131 Å². The molecule has 1 amide bonds. The van der Waals surface area contributed by atoms with Crippen LogP contribution in [0.5, 0.6) is 5.88 Å². The van der Waals surface area contributed by atoms with Gasteiger partial charge in [0.1, 0.15) is 5.82 Å². The van der Waals surface area contributed by atoms with E-state index in [1.807, 2.05) is 6.07 Å². The first-order chi connectivity index (χ1) is 10.1. The third kappa shape index (κ3) is 3.91. The zero-order valence-electron chi connectivity index (χ0n) is 11.7. The lowest BCUT2D eigenvalue weighted by Crippen LogP contribution is -2.24. The normalized spacial score (nSPS) is 10.0. The molecule has 2 rings (SSSR count). The van der Waals surface area contributed by atoms with Crippen LogP contribution in [-0.2, 0) is 6.54 Å². The van der Waals surface area contributed by atoms with Crippen LogP contribution in [0.25, 0.3) is 0 Å². The molecule has 6 nitrogen and oxygen atoms in total. The van der Waals surface area contributed by atoms with Gasteiger partial charge in [0.15, 0.2) is 0 Å². The van der Waals surface area contributed by atoms with Crippen LogP contribution in [-0.4, -0.2) is 30.0 Å². The number of halogens is 1. The van der Waals surface area contributed by atoms with Crippen molar-refractivity contribution in [2.24, 2.45) is 0 Å². The Morgan fingerprint density at radius 1 is 1.38 bits per heavy atom. The average Bonchev–Trinajstić information content (AvgIpc) is 2.52. The minimum Gasteiger partial charge on any atom is -0.481 e. The van der Waals surface area contributed by atoms with Gasteiger partial charge in [0.2, 0.25) is 5.88 Å². The predicted molar refractivity (Wildman–Crippen MR) is 83.4 cm³/mol. The SMILES string of the molecule is CNc1ncc(Br)cc1C(=O)NCc1ccnc(OC)c1. The summed E-state index contributed by atoms with van der Waals surface area (Å²) in [5, 5.41) is 5.74. The molecule has 0 aliphatic rings. The third-order valence-corrected chi connectivity index (χ3v) is 3.23. The molecule has 0 saturated carbocycles. The van der Waals surface area contributed by atoms with Crippen LogP contribution in [0, 0.1) is 0 Å². The first-order valence-corrected chi connectivity index (χ1v) is 7.03. The molecule has 0 saturated heterocycles. The second-order valence-electron chi connectivity index (χ2n) is 4.19. The van der Waals surface area contributed by atoms with E-state index >= 15 is 0 Å². The molecule has 0 bridgehead atoms. The summed E-state index contributed by atoms with van der Waals surface area (Å²) in [6.07, 6.45) is 3.27. The number of nitrogens with one attached hydrogen (secondary N) is 2. The van der Waals surface area contributed by atoms with Gasteiger partial charge >= 0.3 is 0 Å². The summed E-state index contributed by atoms with van der Waals surface area (Å²) in [6.45, 7) is 0.382. The van der Waals surface area contributed by atoms with Crippen molar-refractivity contribution in [3.8, 4) is 5.88 Å². The van der Waals surface area contributed by atoms with Crippen molar-refractivity contribution in [1.29, 1.82) is 0 Å². The van der Waals surface area contributed by atoms with E-state index in [1.165, 1.54) is 0 Å². The molecular weight excluding hydrogens is 336 g/mol. The molecule has 0 fully saturated rings. The number of rotatable bonds is 5. The Bertz CT molecular complexity index is 649. The van der Waals surface area contributed by atoms with E-state index < -0.39 is 0 Å². The quantitative estimate of drug-likeness (QED) is 0.864. The molecule has 0 aromatic carbocycles. The van der Waals surface area contributed by atoms with Gasteiger partial charge in [-0.2, -0.15) is 0 Å². The summed E-state index contributed by atoms with van der Waals surface area (Å²) in [4.78, 5) is 20.4. The van der Waals surface area contributed by atoms with E-state index in [2.05, 4.69) is 36.5 Å². The number of hydrogen-bond donors (Lipinski definition) is 2. The molecule has 0 spiro atoms. The van der Waals surface area contributed by atoms with Gasteiger partial charge in [-0.1, -0.05) is 0 Å². The number of aromatic nitrogens is 2. The molecule has 0 unspecified atom stereocenters. The van der Waals surface area contributed by atoms with E-state index in [0.29, 0.717) is 23.8 Å². The zero-order chi connectivity index (χ0) is 15.2. The lowest BCUT2D eigenvalue weighted by Gasteiger charge is -2.10. The summed E-state index contributed by atoms with van der Waals surface area (Å²) in [5.74, 6) is 0.841.